The maximum atomic E-state index is 17.2. The summed E-state index contributed by atoms with van der Waals surface area (Å²) in [5.41, 5.74) is 2.96. The Morgan fingerprint density at radius 1 is 1.02 bits per heavy atom. The van der Waals surface area contributed by atoms with Gasteiger partial charge in [-0.15, -0.1) is 5.54 Å². The number of rotatable bonds is 12. The van der Waals surface area contributed by atoms with Crippen LogP contribution in [0.15, 0.2) is 29.1 Å². The van der Waals surface area contributed by atoms with E-state index in [0.717, 1.165) is 19.4 Å². The van der Waals surface area contributed by atoms with Crippen LogP contribution < -0.4 is 19.8 Å². The standard InChI is InChI=1S/C41H51F3N4O5Si/c1-23(2)53-39-34-37(46-40(47-38(34)49)51-21-41-14-10-15-48(41)20-28(42)19-41)35(44)36(45-39)31-18-29(52-22-50-9)17-27-11-12-32(43)30(33(27)31)13-16-54(24(3)4,25(5)6)26(7)8/h11-12,17-18,23-26,28H,10,14-15,19-22H2,1-9H3,(H,46,47,49)/t28-,41+/m1/s1. The van der Waals surface area contributed by atoms with Gasteiger partial charge in [0.2, 0.25) is 5.88 Å². The van der Waals surface area contributed by atoms with E-state index < -0.39 is 43.1 Å². The molecule has 2 aromatic heterocycles. The fourth-order valence-corrected chi connectivity index (χ4v) is 14.1. The summed E-state index contributed by atoms with van der Waals surface area (Å²) in [6, 6.07) is 6.01. The summed E-state index contributed by atoms with van der Waals surface area (Å²) < 4.78 is 70.9. The van der Waals surface area contributed by atoms with Gasteiger partial charge in [0, 0.05) is 31.0 Å². The molecule has 1 N–H and O–H groups in total. The van der Waals surface area contributed by atoms with Gasteiger partial charge < -0.3 is 18.9 Å². The molecule has 0 saturated carbocycles. The average molecular weight is 765 g/mol. The lowest BCUT2D eigenvalue weighted by Crippen LogP contribution is -2.43. The number of aromatic nitrogens is 3. The number of benzene rings is 2. The summed E-state index contributed by atoms with van der Waals surface area (Å²) >= 11 is 0. The minimum Gasteiger partial charge on any atom is -0.474 e. The van der Waals surface area contributed by atoms with Crippen LogP contribution in [0.5, 0.6) is 17.6 Å². The fraction of sp³-hybridized carbons (Fsp3) is 0.537. The molecular formula is C41H51F3N4O5Si. The van der Waals surface area contributed by atoms with Crippen molar-refractivity contribution in [2.45, 2.75) is 109 Å². The smallest absolute Gasteiger partial charge is 0.297 e. The second-order valence-corrected chi connectivity index (χ2v) is 21.5. The van der Waals surface area contributed by atoms with Crippen molar-refractivity contribution in [3.05, 3.63) is 51.8 Å². The molecule has 2 atom stereocenters. The van der Waals surface area contributed by atoms with Gasteiger partial charge in [-0.05, 0) is 73.4 Å². The molecule has 2 aliphatic heterocycles. The lowest BCUT2D eigenvalue weighted by molar-refractivity contribution is 0.0512. The van der Waals surface area contributed by atoms with E-state index in [4.69, 9.17) is 18.9 Å². The van der Waals surface area contributed by atoms with Crippen molar-refractivity contribution in [2.75, 3.05) is 33.6 Å². The SMILES string of the molecule is COCOc1cc(-c2nc(OC(C)C)c3c(=O)[nH]c(OC[C@@]45CCCN4C[C@H](F)C5)nc3c2F)c2c(C#C[Si](C(C)C)(C(C)C)C(C)C)c(F)ccc2c1. The normalized spacial score (nSPS) is 19.0. The van der Waals surface area contributed by atoms with E-state index in [9.17, 15) is 9.18 Å². The number of methoxy groups -OCH3 is 1. The Bertz CT molecular complexity index is 2140. The quantitative estimate of drug-likeness (QED) is 0.0870. The first-order valence-electron chi connectivity index (χ1n) is 18.9. The first-order valence-corrected chi connectivity index (χ1v) is 21.1. The van der Waals surface area contributed by atoms with E-state index in [1.165, 1.54) is 13.2 Å². The van der Waals surface area contributed by atoms with Crippen LogP contribution in [0.2, 0.25) is 16.6 Å². The third-order valence-electron chi connectivity index (χ3n) is 11.2. The molecule has 0 bridgehead atoms. The Kier molecular flexibility index (Phi) is 11.4. The Balaban J connectivity index is 1.60. The molecule has 2 fully saturated rings. The van der Waals surface area contributed by atoms with Crippen LogP contribution in [0.25, 0.3) is 32.9 Å². The number of fused-ring (bicyclic) bond motifs is 3. The lowest BCUT2D eigenvalue weighted by atomic mass is 9.95. The van der Waals surface area contributed by atoms with E-state index >= 15 is 8.78 Å². The summed E-state index contributed by atoms with van der Waals surface area (Å²) in [5.74, 6) is 1.93. The predicted molar refractivity (Wildman–Crippen MR) is 208 cm³/mol. The molecule has 6 rings (SSSR count). The molecule has 0 unspecified atom stereocenters. The lowest BCUT2D eigenvalue weighted by Gasteiger charge is -2.38. The van der Waals surface area contributed by atoms with Crippen LogP contribution in [0, 0.1) is 23.1 Å². The molecule has 54 heavy (non-hydrogen) atoms. The molecule has 2 aliphatic rings. The monoisotopic (exact) mass is 764 g/mol. The fourth-order valence-electron chi connectivity index (χ4n) is 8.87. The number of aromatic amines is 1. The molecule has 0 radical (unpaired) electrons. The predicted octanol–water partition coefficient (Wildman–Crippen LogP) is 8.71. The minimum atomic E-state index is -2.33. The number of H-pyrrole nitrogens is 1. The molecule has 0 spiro atoms. The summed E-state index contributed by atoms with van der Waals surface area (Å²) in [7, 11) is -0.847. The van der Waals surface area contributed by atoms with Gasteiger partial charge in [0.05, 0.1) is 17.2 Å². The van der Waals surface area contributed by atoms with Crippen molar-refractivity contribution in [2.24, 2.45) is 0 Å². The highest BCUT2D eigenvalue weighted by Gasteiger charge is 2.49. The molecule has 0 amide bonds. The number of nitrogens with one attached hydrogen (secondary N) is 1. The van der Waals surface area contributed by atoms with Crippen molar-refractivity contribution >= 4 is 29.7 Å². The number of ether oxygens (including phenoxy) is 4. The molecular weight excluding hydrogens is 714 g/mol. The van der Waals surface area contributed by atoms with Crippen molar-refractivity contribution in [1.82, 2.24) is 19.9 Å². The van der Waals surface area contributed by atoms with E-state index in [0.29, 0.717) is 29.5 Å². The summed E-state index contributed by atoms with van der Waals surface area (Å²) in [4.78, 5) is 27.4. The molecule has 13 heteroatoms. The second-order valence-electron chi connectivity index (χ2n) is 15.9. The zero-order valence-electron chi connectivity index (χ0n) is 32.7. The molecule has 4 aromatic rings. The van der Waals surface area contributed by atoms with Gasteiger partial charge in [-0.2, -0.15) is 4.98 Å². The highest BCUT2D eigenvalue weighted by Crippen LogP contribution is 2.43. The Hall–Kier alpha value is -4.12. The van der Waals surface area contributed by atoms with E-state index in [2.05, 4.69) is 72.9 Å². The van der Waals surface area contributed by atoms with Crippen molar-refractivity contribution < 1.29 is 32.1 Å². The first kappa shape index (κ1) is 39.6. The number of pyridine rings is 1. The average Bonchev–Trinajstić information content (AvgIpc) is 3.63. The summed E-state index contributed by atoms with van der Waals surface area (Å²) in [6.45, 7) is 17.7. The number of hydrogen-bond donors (Lipinski definition) is 1. The number of hydrogen-bond acceptors (Lipinski definition) is 8. The number of alkyl halides is 1. The van der Waals surface area contributed by atoms with E-state index in [1.54, 1.807) is 32.0 Å². The molecule has 2 aromatic carbocycles. The summed E-state index contributed by atoms with van der Waals surface area (Å²) in [5, 5.41) is 0.664. The van der Waals surface area contributed by atoms with E-state index in [1.807, 2.05) is 0 Å². The Morgan fingerprint density at radius 3 is 2.41 bits per heavy atom. The van der Waals surface area contributed by atoms with E-state index in [-0.39, 0.29) is 69.6 Å². The maximum Gasteiger partial charge on any atom is 0.297 e. The zero-order valence-corrected chi connectivity index (χ0v) is 33.7. The van der Waals surface area contributed by atoms with Gasteiger partial charge in [0.25, 0.3) is 11.6 Å². The Morgan fingerprint density at radius 2 is 1.74 bits per heavy atom. The van der Waals surface area contributed by atoms with Gasteiger partial charge in [-0.1, -0.05) is 53.5 Å². The molecule has 0 aliphatic carbocycles. The van der Waals surface area contributed by atoms with Crippen molar-refractivity contribution in [1.29, 1.82) is 0 Å². The third-order valence-corrected chi connectivity index (χ3v) is 17.5. The number of nitrogens with zero attached hydrogens (tertiary/aromatic N) is 3. The zero-order chi connectivity index (χ0) is 39.1. The molecule has 2 saturated heterocycles. The van der Waals surface area contributed by atoms with Crippen LogP contribution >= 0.6 is 0 Å². The topological polar surface area (TPSA) is 98.8 Å². The van der Waals surface area contributed by atoms with Crippen LogP contribution in [0.1, 0.15) is 80.2 Å². The van der Waals surface area contributed by atoms with Crippen LogP contribution in [-0.4, -0.2) is 79.3 Å². The summed E-state index contributed by atoms with van der Waals surface area (Å²) in [6.07, 6.45) is 0.528. The van der Waals surface area contributed by atoms with Crippen molar-refractivity contribution in [3.8, 4) is 40.4 Å². The van der Waals surface area contributed by atoms with Gasteiger partial charge in [0.1, 0.15) is 49.0 Å². The highest BCUT2D eigenvalue weighted by atomic mass is 28.3. The van der Waals surface area contributed by atoms with Crippen molar-refractivity contribution in [3.63, 3.8) is 0 Å². The third kappa shape index (κ3) is 7.20. The van der Waals surface area contributed by atoms with Gasteiger partial charge in [-0.25, -0.2) is 18.2 Å². The molecule has 9 nitrogen and oxygen atoms in total. The first-order chi connectivity index (χ1) is 25.6. The van der Waals surface area contributed by atoms with Crippen LogP contribution in [0.3, 0.4) is 0 Å². The minimum absolute atomic E-state index is 0.0789. The highest BCUT2D eigenvalue weighted by molar-refractivity contribution is 6.90. The largest absolute Gasteiger partial charge is 0.474 e. The second kappa shape index (κ2) is 15.6. The van der Waals surface area contributed by atoms with Crippen LogP contribution in [0.4, 0.5) is 13.2 Å². The van der Waals surface area contributed by atoms with Gasteiger partial charge in [0.15, 0.2) is 12.6 Å². The maximum absolute atomic E-state index is 17.2. The number of halogens is 3. The van der Waals surface area contributed by atoms with Crippen LogP contribution in [-0.2, 0) is 4.74 Å². The molecule has 290 valence electrons. The Labute approximate surface area is 316 Å². The van der Waals surface area contributed by atoms with Gasteiger partial charge in [-0.3, -0.25) is 14.7 Å². The van der Waals surface area contributed by atoms with Gasteiger partial charge >= 0.3 is 0 Å². The molecule has 4 heterocycles.